The summed E-state index contributed by atoms with van der Waals surface area (Å²) < 4.78 is 23.9. The van der Waals surface area contributed by atoms with E-state index < -0.39 is 15.1 Å². The van der Waals surface area contributed by atoms with E-state index in [0.29, 0.717) is 23.7 Å². The number of nitrogens with zero attached hydrogens (tertiary/aromatic N) is 3. The molecule has 1 aromatic rings. The maximum atomic E-state index is 12.0. The van der Waals surface area contributed by atoms with Gasteiger partial charge in [0.1, 0.15) is 0 Å². The molecule has 1 rings (SSSR count). The summed E-state index contributed by atoms with van der Waals surface area (Å²) in [6, 6.07) is 0. The van der Waals surface area contributed by atoms with Crippen LogP contribution in [-0.4, -0.2) is 34.7 Å². The number of aryl methyl sites for hydroxylation is 2. The van der Waals surface area contributed by atoms with Crippen molar-refractivity contribution in [3.63, 3.8) is 0 Å². The van der Waals surface area contributed by atoms with Gasteiger partial charge in [-0.05, 0) is 27.2 Å². The van der Waals surface area contributed by atoms with Crippen LogP contribution in [0.15, 0.2) is 5.16 Å². The van der Waals surface area contributed by atoms with E-state index in [0.717, 1.165) is 0 Å². The zero-order chi connectivity index (χ0) is 12.3. The van der Waals surface area contributed by atoms with Crippen molar-refractivity contribution in [2.75, 3.05) is 5.88 Å². The van der Waals surface area contributed by atoms with Crippen LogP contribution >= 0.6 is 11.6 Å². The van der Waals surface area contributed by atoms with Gasteiger partial charge >= 0.3 is 0 Å². The number of alkyl halides is 1. The minimum atomic E-state index is -3.51. The molecular weight excluding hydrogens is 250 g/mol. The molecule has 1 aromatic heterocycles. The minimum absolute atomic E-state index is 0.215. The molecule has 0 amide bonds. The van der Waals surface area contributed by atoms with E-state index in [1.807, 2.05) is 0 Å². The zero-order valence-corrected chi connectivity index (χ0v) is 11.0. The van der Waals surface area contributed by atoms with Gasteiger partial charge in [-0.2, -0.15) is 5.10 Å². The lowest BCUT2D eigenvalue weighted by atomic mass is 10.4. The number of hydrogen-bond donors (Lipinski definition) is 0. The van der Waals surface area contributed by atoms with Crippen molar-refractivity contribution >= 4 is 21.4 Å². The fourth-order valence-corrected chi connectivity index (χ4v) is 2.71. The topological polar surface area (TPSA) is 72.8 Å². The van der Waals surface area contributed by atoms with Crippen LogP contribution in [-0.2, 0) is 9.84 Å². The molecule has 0 bridgehead atoms. The molecule has 1 atom stereocenters. The second kappa shape index (κ2) is 5.05. The third kappa shape index (κ3) is 2.68. The minimum Gasteiger partial charge on any atom is -0.220 e. The number of sulfone groups is 1. The van der Waals surface area contributed by atoms with Crippen LogP contribution in [0.25, 0.3) is 0 Å². The molecule has 0 aromatic carbocycles. The molecule has 0 saturated heterocycles. The predicted molar refractivity (Wildman–Crippen MR) is 61.3 cm³/mol. The third-order valence-electron chi connectivity index (χ3n) is 2.37. The van der Waals surface area contributed by atoms with Crippen molar-refractivity contribution in [1.82, 2.24) is 15.2 Å². The molecule has 0 aliphatic heterocycles. The highest BCUT2D eigenvalue weighted by Gasteiger charge is 2.26. The van der Waals surface area contributed by atoms with E-state index in [-0.39, 0.29) is 5.16 Å². The van der Waals surface area contributed by atoms with Crippen LogP contribution < -0.4 is 0 Å². The second-order valence-corrected chi connectivity index (χ2v) is 6.24. The Morgan fingerprint density at radius 3 is 2.38 bits per heavy atom. The van der Waals surface area contributed by atoms with Crippen molar-refractivity contribution < 1.29 is 8.42 Å². The molecule has 0 spiro atoms. The third-order valence-corrected chi connectivity index (χ3v) is 4.57. The first-order chi connectivity index (χ1) is 7.39. The Labute approximate surface area is 100 Å². The summed E-state index contributed by atoms with van der Waals surface area (Å²) in [6.07, 6.45) is 0.375. The summed E-state index contributed by atoms with van der Waals surface area (Å²) in [5.74, 6) is 0.290. The Balaban J connectivity index is 3.12. The van der Waals surface area contributed by atoms with E-state index in [1.54, 1.807) is 20.8 Å². The average molecular weight is 264 g/mol. The number of rotatable bonds is 4. The van der Waals surface area contributed by atoms with Crippen molar-refractivity contribution in [2.24, 2.45) is 0 Å². The second-order valence-electron chi connectivity index (χ2n) is 3.60. The van der Waals surface area contributed by atoms with E-state index in [9.17, 15) is 8.42 Å². The Morgan fingerprint density at radius 2 is 1.88 bits per heavy atom. The van der Waals surface area contributed by atoms with Gasteiger partial charge in [0.2, 0.25) is 9.84 Å². The predicted octanol–water partition coefficient (Wildman–Crippen LogP) is 1.28. The highest BCUT2D eigenvalue weighted by atomic mass is 35.5. The molecule has 0 fully saturated rings. The average Bonchev–Trinajstić information content (AvgIpc) is 2.22. The van der Waals surface area contributed by atoms with Crippen molar-refractivity contribution in [3.8, 4) is 0 Å². The van der Waals surface area contributed by atoms with E-state index in [2.05, 4.69) is 15.2 Å². The van der Waals surface area contributed by atoms with Crippen LogP contribution in [0.1, 0.15) is 24.7 Å². The quantitative estimate of drug-likeness (QED) is 0.765. The molecule has 1 unspecified atom stereocenters. The summed E-state index contributed by atoms with van der Waals surface area (Å²) in [4.78, 5) is 3.94. The van der Waals surface area contributed by atoms with Gasteiger partial charge in [0, 0.05) is 5.88 Å². The zero-order valence-electron chi connectivity index (χ0n) is 9.44. The summed E-state index contributed by atoms with van der Waals surface area (Å²) in [5.41, 5.74) is 1.20. The first-order valence-corrected chi connectivity index (χ1v) is 6.95. The fraction of sp³-hybridized carbons (Fsp3) is 0.667. The van der Waals surface area contributed by atoms with Gasteiger partial charge in [0.25, 0.3) is 5.16 Å². The highest BCUT2D eigenvalue weighted by molar-refractivity contribution is 7.91. The largest absolute Gasteiger partial charge is 0.267 e. The molecule has 90 valence electrons. The maximum absolute atomic E-state index is 12.0. The molecule has 0 N–H and O–H groups in total. The SMILES string of the molecule is Cc1nnc(S(=O)(=O)C(C)CCCl)nc1C. The first kappa shape index (κ1) is 13.3. The molecule has 16 heavy (non-hydrogen) atoms. The Morgan fingerprint density at radius 1 is 1.25 bits per heavy atom. The molecule has 0 radical (unpaired) electrons. The molecule has 1 heterocycles. The first-order valence-electron chi connectivity index (χ1n) is 4.87. The van der Waals surface area contributed by atoms with E-state index in [4.69, 9.17) is 11.6 Å². The lowest BCUT2D eigenvalue weighted by Crippen LogP contribution is -2.22. The molecule has 7 heteroatoms. The molecule has 5 nitrogen and oxygen atoms in total. The Kier molecular flexibility index (Phi) is 4.21. The van der Waals surface area contributed by atoms with Crippen LogP contribution in [0, 0.1) is 13.8 Å². The van der Waals surface area contributed by atoms with Gasteiger partial charge in [-0.1, -0.05) is 0 Å². The number of hydrogen-bond acceptors (Lipinski definition) is 5. The van der Waals surface area contributed by atoms with Crippen LogP contribution in [0.2, 0.25) is 0 Å². The van der Waals surface area contributed by atoms with Gasteiger partial charge in [0.15, 0.2) is 0 Å². The monoisotopic (exact) mass is 263 g/mol. The van der Waals surface area contributed by atoms with Crippen LogP contribution in [0.5, 0.6) is 0 Å². The van der Waals surface area contributed by atoms with Gasteiger partial charge < -0.3 is 0 Å². The van der Waals surface area contributed by atoms with Crippen LogP contribution in [0.4, 0.5) is 0 Å². The molecular formula is C9H14ClN3O2S. The molecule has 0 aliphatic carbocycles. The summed E-state index contributed by atoms with van der Waals surface area (Å²) in [5, 5.41) is 6.58. The van der Waals surface area contributed by atoms with Gasteiger partial charge in [0.05, 0.1) is 16.6 Å². The Bertz CT molecular complexity index is 476. The highest BCUT2D eigenvalue weighted by Crippen LogP contribution is 2.14. The van der Waals surface area contributed by atoms with Gasteiger partial charge in [-0.15, -0.1) is 16.7 Å². The van der Waals surface area contributed by atoms with Crippen molar-refractivity contribution in [3.05, 3.63) is 11.4 Å². The van der Waals surface area contributed by atoms with Crippen molar-refractivity contribution in [1.29, 1.82) is 0 Å². The number of halogens is 1. The standard InChI is InChI=1S/C9H14ClN3O2S/c1-6(4-5-10)16(14,15)9-11-7(2)8(3)12-13-9/h6H,4-5H2,1-3H3. The molecule has 0 saturated carbocycles. The Hall–Kier alpha value is -0.750. The fourth-order valence-electron chi connectivity index (χ4n) is 1.05. The van der Waals surface area contributed by atoms with E-state index >= 15 is 0 Å². The van der Waals surface area contributed by atoms with Gasteiger partial charge in [-0.3, -0.25) is 0 Å². The molecule has 0 aliphatic rings. The summed E-state index contributed by atoms with van der Waals surface area (Å²) in [7, 11) is -3.51. The smallest absolute Gasteiger partial charge is 0.220 e. The lowest BCUT2D eigenvalue weighted by molar-refractivity contribution is 0.566. The maximum Gasteiger partial charge on any atom is 0.267 e. The summed E-state index contributed by atoms with van der Waals surface area (Å²) in [6.45, 7) is 5.03. The summed E-state index contributed by atoms with van der Waals surface area (Å²) >= 11 is 5.53. The lowest BCUT2D eigenvalue weighted by Gasteiger charge is -2.09. The van der Waals surface area contributed by atoms with Crippen molar-refractivity contribution in [2.45, 2.75) is 37.6 Å². The normalized spacial score (nSPS) is 13.8. The van der Waals surface area contributed by atoms with Gasteiger partial charge in [-0.25, -0.2) is 13.4 Å². The number of aromatic nitrogens is 3. The van der Waals surface area contributed by atoms with Crippen LogP contribution in [0.3, 0.4) is 0 Å². The van der Waals surface area contributed by atoms with E-state index in [1.165, 1.54) is 0 Å².